The molecule has 0 aromatic heterocycles. The van der Waals surface area contributed by atoms with Gasteiger partial charge in [-0.2, -0.15) is 0 Å². The van der Waals surface area contributed by atoms with Crippen LogP contribution in [0.3, 0.4) is 0 Å². The molecule has 37 heavy (non-hydrogen) atoms. The number of halogens is 2. The van der Waals surface area contributed by atoms with Crippen molar-refractivity contribution in [3.63, 3.8) is 0 Å². The van der Waals surface area contributed by atoms with E-state index in [0.29, 0.717) is 5.56 Å². The first-order chi connectivity index (χ1) is 17.7. The number of nitrogens with one attached hydrogen (secondary N) is 1. The molecule has 1 heterocycles. The van der Waals surface area contributed by atoms with E-state index < -0.39 is 23.2 Å². The molecule has 3 aromatic rings. The number of hydrogen-bond donors (Lipinski definition) is 1. The standard InChI is InChI=1S/C29H29ClFN3O3/c1-20-8-10-23(11-9-20)27(36)34(26-13-12-24(30)18-25(26)31)29(14-16-33(17-15-29)21(2)35)28(37)32-19-22-6-4-3-5-7-22/h3-13,18H,14-17,19H2,1-2H3,(H,32,37). The van der Waals surface area contributed by atoms with Gasteiger partial charge in [0, 0.05) is 37.1 Å². The number of likely N-dealkylation sites (tertiary alicyclic amines) is 1. The summed E-state index contributed by atoms with van der Waals surface area (Å²) < 4.78 is 15.4. The minimum absolute atomic E-state index is 0.0406. The number of amides is 3. The highest BCUT2D eigenvalue weighted by Crippen LogP contribution is 2.37. The predicted molar refractivity (Wildman–Crippen MR) is 142 cm³/mol. The molecule has 0 unspecified atom stereocenters. The first kappa shape index (κ1) is 26.4. The van der Waals surface area contributed by atoms with Gasteiger partial charge in [0.1, 0.15) is 11.4 Å². The molecule has 6 nitrogen and oxygen atoms in total. The van der Waals surface area contributed by atoms with E-state index in [1.807, 2.05) is 37.3 Å². The third-order valence-corrected chi connectivity index (χ3v) is 7.07. The van der Waals surface area contributed by atoms with Crippen molar-refractivity contribution in [1.82, 2.24) is 10.2 Å². The summed E-state index contributed by atoms with van der Waals surface area (Å²) in [6.07, 6.45) is 0.291. The molecule has 3 amide bonds. The maximum atomic E-state index is 15.4. The first-order valence-electron chi connectivity index (χ1n) is 12.2. The second-order valence-corrected chi connectivity index (χ2v) is 9.74. The fourth-order valence-electron chi connectivity index (χ4n) is 4.71. The third-order valence-electron chi connectivity index (χ3n) is 6.83. The number of piperidine rings is 1. The Hall–Kier alpha value is -3.71. The van der Waals surface area contributed by atoms with Crippen LogP contribution in [0.25, 0.3) is 0 Å². The third kappa shape index (κ3) is 5.67. The van der Waals surface area contributed by atoms with E-state index in [9.17, 15) is 14.4 Å². The van der Waals surface area contributed by atoms with Gasteiger partial charge in [0.15, 0.2) is 0 Å². The Morgan fingerprint density at radius 3 is 2.24 bits per heavy atom. The molecule has 0 spiro atoms. The molecule has 3 aromatic carbocycles. The van der Waals surface area contributed by atoms with Crippen molar-refractivity contribution in [2.75, 3.05) is 18.0 Å². The Bertz CT molecular complexity index is 1290. The highest BCUT2D eigenvalue weighted by atomic mass is 35.5. The fraction of sp³-hybridized carbons (Fsp3) is 0.276. The molecule has 1 saturated heterocycles. The van der Waals surface area contributed by atoms with Crippen LogP contribution in [0.15, 0.2) is 72.8 Å². The van der Waals surface area contributed by atoms with Gasteiger partial charge in [0.25, 0.3) is 5.91 Å². The zero-order valence-corrected chi connectivity index (χ0v) is 21.6. The lowest BCUT2D eigenvalue weighted by Crippen LogP contribution is -2.65. The molecule has 0 aliphatic carbocycles. The Kier molecular flexibility index (Phi) is 7.93. The van der Waals surface area contributed by atoms with Crippen molar-refractivity contribution in [1.29, 1.82) is 0 Å². The van der Waals surface area contributed by atoms with E-state index in [1.165, 1.54) is 24.0 Å². The van der Waals surface area contributed by atoms with Crippen LogP contribution in [0.1, 0.15) is 41.3 Å². The number of aryl methyl sites for hydroxylation is 1. The van der Waals surface area contributed by atoms with Gasteiger partial charge in [-0.15, -0.1) is 0 Å². The predicted octanol–water partition coefficient (Wildman–Crippen LogP) is 5.13. The van der Waals surface area contributed by atoms with Crippen LogP contribution in [0.5, 0.6) is 0 Å². The van der Waals surface area contributed by atoms with Crippen LogP contribution in [-0.4, -0.2) is 41.2 Å². The van der Waals surface area contributed by atoms with Crippen LogP contribution < -0.4 is 10.2 Å². The molecule has 0 radical (unpaired) electrons. The SMILES string of the molecule is CC(=O)N1CCC(C(=O)NCc2ccccc2)(N(C(=O)c2ccc(C)cc2)c2ccc(Cl)cc2F)CC1. The second kappa shape index (κ2) is 11.1. The van der Waals surface area contributed by atoms with E-state index in [0.717, 1.165) is 17.2 Å². The van der Waals surface area contributed by atoms with E-state index >= 15 is 4.39 Å². The molecule has 8 heteroatoms. The molecule has 1 aliphatic rings. The summed E-state index contributed by atoms with van der Waals surface area (Å²) in [7, 11) is 0. The lowest BCUT2D eigenvalue weighted by Gasteiger charge is -2.47. The number of nitrogens with zero attached hydrogens (tertiary/aromatic N) is 2. The average molecular weight is 522 g/mol. The first-order valence-corrected chi connectivity index (χ1v) is 12.5. The molecule has 4 rings (SSSR count). The summed E-state index contributed by atoms with van der Waals surface area (Å²) in [6, 6.07) is 20.4. The molecular formula is C29H29ClFN3O3. The maximum absolute atomic E-state index is 15.4. The van der Waals surface area contributed by atoms with Gasteiger partial charge in [0.2, 0.25) is 11.8 Å². The number of anilines is 1. The lowest BCUT2D eigenvalue weighted by molar-refractivity contribution is -0.135. The molecule has 1 aliphatic heterocycles. The molecule has 1 N–H and O–H groups in total. The number of rotatable bonds is 6. The molecule has 1 fully saturated rings. The van der Waals surface area contributed by atoms with Crippen molar-refractivity contribution < 1.29 is 18.8 Å². The smallest absolute Gasteiger partial charge is 0.259 e. The van der Waals surface area contributed by atoms with Gasteiger partial charge < -0.3 is 10.2 Å². The minimum Gasteiger partial charge on any atom is -0.350 e. The van der Waals surface area contributed by atoms with Gasteiger partial charge in [-0.05, 0) is 55.7 Å². The van der Waals surface area contributed by atoms with Crippen LogP contribution >= 0.6 is 11.6 Å². The maximum Gasteiger partial charge on any atom is 0.259 e. The van der Waals surface area contributed by atoms with Crippen LogP contribution in [-0.2, 0) is 16.1 Å². The van der Waals surface area contributed by atoms with E-state index in [1.54, 1.807) is 29.2 Å². The summed E-state index contributed by atoms with van der Waals surface area (Å²) in [5.74, 6) is -1.74. The summed E-state index contributed by atoms with van der Waals surface area (Å²) in [4.78, 5) is 43.0. The Labute approximate surface area is 221 Å². The van der Waals surface area contributed by atoms with E-state index in [4.69, 9.17) is 11.6 Å². The van der Waals surface area contributed by atoms with Crippen molar-refractivity contribution in [2.45, 2.75) is 38.8 Å². The van der Waals surface area contributed by atoms with Gasteiger partial charge in [0.05, 0.1) is 5.69 Å². The molecule has 0 saturated carbocycles. The van der Waals surface area contributed by atoms with Gasteiger partial charge >= 0.3 is 0 Å². The highest BCUT2D eigenvalue weighted by Gasteiger charge is 2.50. The van der Waals surface area contributed by atoms with E-state index in [2.05, 4.69) is 5.32 Å². The normalized spacial score (nSPS) is 14.6. The number of carbonyl (C=O) groups excluding carboxylic acids is 3. The number of benzene rings is 3. The Balaban J connectivity index is 1.81. The summed E-state index contributed by atoms with van der Waals surface area (Å²) in [5.41, 5.74) is 0.703. The summed E-state index contributed by atoms with van der Waals surface area (Å²) in [5, 5.41) is 3.14. The Morgan fingerprint density at radius 1 is 1.00 bits per heavy atom. The topological polar surface area (TPSA) is 69.7 Å². The quantitative estimate of drug-likeness (QED) is 0.489. The lowest BCUT2D eigenvalue weighted by atomic mass is 9.83. The number of carbonyl (C=O) groups is 3. The molecule has 0 atom stereocenters. The molecule has 0 bridgehead atoms. The Morgan fingerprint density at radius 2 is 1.65 bits per heavy atom. The van der Waals surface area contributed by atoms with Crippen molar-refractivity contribution >= 4 is 35.0 Å². The largest absolute Gasteiger partial charge is 0.350 e. The highest BCUT2D eigenvalue weighted by molar-refractivity contribution is 6.30. The van der Waals surface area contributed by atoms with Crippen LogP contribution in [0.4, 0.5) is 10.1 Å². The second-order valence-electron chi connectivity index (χ2n) is 9.31. The average Bonchev–Trinajstić information content (AvgIpc) is 2.89. The van der Waals surface area contributed by atoms with Crippen molar-refractivity contribution in [3.05, 3.63) is 100 Å². The minimum atomic E-state index is -1.43. The molecular weight excluding hydrogens is 493 g/mol. The van der Waals surface area contributed by atoms with Crippen molar-refractivity contribution in [2.24, 2.45) is 0 Å². The number of hydrogen-bond acceptors (Lipinski definition) is 3. The van der Waals surface area contributed by atoms with E-state index in [-0.39, 0.29) is 49.1 Å². The van der Waals surface area contributed by atoms with Crippen LogP contribution in [0.2, 0.25) is 5.02 Å². The summed E-state index contributed by atoms with van der Waals surface area (Å²) >= 11 is 6.02. The van der Waals surface area contributed by atoms with Gasteiger partial charge in [-0.3, -0.25) is 19.3 Å². The van der Waals surface area contributed by atoms with Gasteiger partial charge in [-0.1, -0.05) is 59.6 Å². The van der Waals surface area contributed by atoms with Crippen LogP contribution in [0, 0.1) is 12.7 Å². The monoisotopic (exact) mass is 521 g/mol. The summed E-state index contributed by atoms with van der Waals surface area (Å²) in [6.45, 7) is 4.12. The zero-order chi connectivity index (χ0) is 26.6. The zero-order valence-electron chi connectivity index (χ0n) is 20.8. The fourth-order valence-corrected chi connectivity index (χ4v) is 4.87. The van der Waals surface area contributed by atoms with Crippen molar-refractivity contribution in [3.8, 4) is 0 Å². The molecule has 192 valence electrons. The van der Waals surface area contributed by atoms with Gasteiger partial charge in [-0.25, -0.2) is 4.39 Å².